The fourth-order valence-electron chi connectivity index (χ4n) is 1.14. The summed E-state index contributed by atoms with van der Waals surface area (Å²) in [5.74, 6) is -0.0638. The third-order valence-corrected chi connectivity index (χ3v) is 3.00. The number of thioether (sulfide) groups is 1. The lowest BCUT2D eigenvalue weighted by Gasteiger charge is -2.05. The summed E-state index contributed by atoms with van der Waals surface area (Å²) in [6.07, 6.45) is 0. The Morgan fingerprint density at radius 1 is 1.38 bits per heavy atom. The van der Waals surface area contributed by atoms with Crippen LogP contribution in [0.15, 0.2) is 23.1 Å². The normalized spacial score (nSPS) is 10.0. The predicted octanol–water partition coefficient (Wildman–Crippen LogP) is 2.63. The second kappa shape index (κ2) is 4.28. The molecular weight excluding hydrogens is 186 g/mol. The van der Waals surface area contributed by atoms with E-state index in [1.807, 2.05) is 32.0 Å². The van der Waals surface area contributed by atoms with Crippen LogP contribution in [0, 0.1) is 24.0 Å². The predicted molar refractivity (Wildman–Crippen MR) is 53.6 cm³/mol. The molecule has 0 aliphatic heterocycles. The quantitative estimate of drug-likeness (QED) is 0.324. The maximum atomic E-state index is 10.2. The molecule has 0 heterocycles. The van der Waals surface area contributed by atoms with Crippen LogP contribution in [0.4, 0.5) is 0 Å². The summed E-state index contributed by atoms with van der Waals surface area (Å²) < 4.78 is 0. The Balaban J connectivity index is 2.81. The molecule has 0 saturated carbocycles. The summed E-state index contributed by atoms with van der Waals surface area (Å²) in [5.41, 5.74) is 2.21. The van der Waals surface area contributed by atoms with Crippen molar-refractivity contribution in [1.29, 1.82) is 0 Å². The molecule has 0 atom stereocenters. The second-order valence-electron chi connectivity index (χ2n) is 2.83. The average molecular weight is 197 g/mol. The van der Waals surface area contributed by atoms with Crippen LogP contribution in [-0.4, -0.2) is 10.8 Å². The van der Waals surface area contributed by atoms with Crippen LogP contribution < -0.4 is 0 Å². The van der Waals surface area contributed by atoms with Gasteiger partial charge in [0.2, 0.25) is 0 Å². The minimum absolute atomic E-state index is 0.0638. The monoisotopic (exact) mass is 197 g/mol. The molecule has 1 aromatic carbocycles. The van der Waals surface area contributed by atoms with Crippen LogP contribution in [0.2, 0.25) is 0 Å². The standard InChI is InChI=1S/C9H11NO2S/c1-7-4-3-5-8(2)9(7)13-6-10(11)12/h3-5H,6H2,1-2H3. The zero-order valence-corrected chi connectivity index (χ0v) is 8.43. The molecule has 0 spiro atoms. The first-order valence-corrected chi connectivity index (χ1v) is 4.90. The van der Waals surface area contributed by atoms with E-state index in [4.69, 9.17) is 0 Å². The Morgan fingerprint density at radius 3 is 2.38 bits per heavy atom. The zero-order valence-electron chi connectivity index (χ0n) is 7.61. The van der Waals surface area contributed by atoms with E-state index in [0.29, 0.717) is 0 Å². The van der Waals surface area contributed by atoms with Gasteiger partial charge in [0.25, 0.3) is 5.88 Å². The fourth-order valence-corrected chi connectivity index (χ4v) is 1.97. The van der Waals surface area contributed by atoms with Crippen molar-refractivity contribution < 1.29 is 4.92 Å². The van der Waals surface area contributed by atoms with Crippen LogP contribution in [0.1, 0.15) is 11.1 Å². The number of benzene rings is 1. The Bertz CT molecular complexity index is 305. The van der Waals surface area contributed by atoms with E-state index >= 15 is 0 Å². The minimum atomic E-state index is -0.309. The van der Waals surface area contributed by atoms with Gasteiger partial charge in [-0.25, -0.2) is 0 Å². The van der Waals surface area contributed by atoms with Crippen LogP contribution in [0.25, 0.3) is 0 Å². The van der Waals surface area contributed by atoms with E-state index in [1.54, 1.807) is 0 Å². The van der Waals surface area contributed by atoms with Gasteiger partial charge < -0.3 is 0 Å². The Hall–Kier alpha value is -1.03. The van der Waals surface area contributed by atoms with E-state index in [1.165, 1.54) is 11.8 Å². The van der Waals surface area contributed by atoms with Gasteiger partial charge in [-0.05, 0) is 36.7 Å². The Morgan fingerprint density at radius 2 is 1.92 bits per heavy atom. The van der Waals surface area contributed by atoms with Gasteiger partial charge in [0.1, 0.15) is 0 Å². The number of nitro groups is 1. The highest BCUT2D eigenvalue weighted by atomic mass is 32.2. The number of hydrogen-bond donors (Lipinski definition) is 0. The molecule has 0 amide bonds. The average Bonchev–Trinajstić information content (AvgIpc) is 2.03. The van der Waals surface area contributed by atoms with Crippen molar-refractivity contribution in [2.75, 3.05) is 5.88 Å². The maximum Gasteiger partial charge on any atom is 0.253 e. The molecule has 4 heteroatoms. The smallest absolute Gasteiger partial charge is 0.253 e. The summed E-state index contributed by atoms with van der Waals surface area (Å²) >= 11 is 1.28. The molecule has 0 aromatic heterocycles. The van der Waals surface area contributed by atoms with Crippen molar-refractivity contribution in [3.63, 3.8) is 0 Å². The topological polar surface area (TPSA) is 43.1 Å². The highest BCUT2D eigenvalue weighted by Crippen LogP contribution is 2.25. The SMILES string of the molecule is Cc1cccc(C)c1SC[N+](=O)[O-]. The van der Waals surface area contributed by atoms with E-state index in [2.05, 4.69) is 0 Å². The molecule has 70 valence electrons. The first-order valence-electron chi connectivity index (χ1n) is 3.92. The molecule has 0 bridgehead atoms. The molecule has 0 N–H and O–H groups in total. The lowest BCUT2D eigenvalue weighted by atomic mass is 10.2. The van der Waals surface area contributed by atoms with E-state index in [-0.39, 0.29) is 10.8 Å². The Labute approximate surface area is 81.3 Å². The van der Waals surface area contributed by atoms with Gasteiger partial charge in [0, 0.05) is 9.82 Å². The van der Waals surface area contributed by atoms with Gasteiger partial charge in [-0.15, -0.1) is 0 Å². The molecule has 0 unspecified atom stereocenters. The highest BCUT2D eigenvalue weighted by molar-refractivity contribution is 7.99. The van der Waals surface area contributed by atoms with Crippen LogP contribution in [0.5, 0.6) is 0 Å². The van der Waals surface area contributed by atoms with Crippen LogP contribution in [0.3, 0.4) is 0 Å². The third kappa shape index (κ3) is 2.73. The van der Waals surface area contributed by atoms with Crippen molar-refractivity contribution in [2.45, 2.75) is 18.7 Å². The first-order chi connectivity index (χ1) is 6.11. The van der Waals surface area contributed by atoms with E-state index in [9.17, 15) is 10.1 Å². The number of rotatable bonds is 3. The summed E-state index contributed by atoms with van der Waals surface area (Å²) in [7, 11) is 0. The number of nitrogens with zero attached hydrogens (tertiary/aromatic N) is 1. The lowest BCUT2D eigenvalue weighted by molar-refractivity contribution is -0.456. The number of hydrogen-bond acceptors (Lipinski definition) is 3. The summed E-state index contributed by atoms with van der Waals surface area (Å²) in [5, 5.41) is 10.2. The van der Waals surface area contributed by atoms with E-state index in [0.717, 1.165) is 16.0 Å². The molecule has 0 fully saturated rings. The third-order valence-electron chi connectivity index (χ3n) is 1.72. The lowest BCUT2D eigenvalue weighted by Crippen LogP contribution is -1.96. The van der Waals surface area contributed by atoms with Gasteiger partial charge in [0.15, 0.2) is 0 Å². The molecule has 1 aromatic rings. The molecule has 0 aliphatic rings. The van der Waals surface area contributed by atoms with Crippen LogP contribution >= 0.6 is 11.8 Å². The van der Waals surface area contributed by atoms with E-state index < -0.39 is 0 Å². The first kappa shape index (κ1) is 10.1. The van der Waals surface area contributed by atoms with Crippen molar-refractivity contribution in [2.24, 2.45) is 0 Å². The molecule has 1 rings (SSSR count). The minimum Gasteiger partial charge on any atom is -0.264 e. The second-order valence-corrected chi connectivity index (χ2v) is 3.78. The largest absolute Gasteiger partial charge is 0.264 e. The molecular formula is C9H11NO2S. The van der Waals surface area contributed by atoms with Gasteiger partial charge in [-0.3, -0.25) is 10.1 Å². The molecule has 3 nitrogen and oxygen atoms in total. The maximum absolute atomic E-state index is 10.2. The summed E-state index contributed by atoms with van der Waals surface area (Å²) in [6.45, 7) is 3.94. The van der Waals surface area contributed by atoms with Crippen molar-refractivity contribution >= 4 is 11.8 Å². The Kier molecular flexibility index (Phi) is 3.31. The molecule has 0 saturated heterocycles. The molecule has 0 radical (unpaired) electrons. The highest BCUT2D eigenvalue weighted by Gasteiger charge is 2.05. The molecule has 0 aliphatic carbocycles. The van der Waals surface area contributed by atoms with Crippen molar-refractivity contribution in [3.8, 4) is 0 Å². The fraction of sp³-hybridized carbons (Fsp3) is 0.333. The van der Waals surface area contributed by atoms with Crippen molar-refractivity contribution in [3.05, 3.63) is 39.4 Å². The van der Waals surface area contributed by atoms with Crippen molar-refractivity contribution in [1.82, 2.24) is 0 Å². The van der Waals surface area contributed by atoms with Gasteiger partial charge in [-0.2, -0.15) is 0 Å². The van der Waals surface area contributed by atoms with Crippen LogP contribution in [-0.2, 0) is 0 Å². The zero-order chi connectivity index (χ0) is 9.84. The summed E-state index contributed by atoms with van der Waals surface area (Å²) in [4.78, 5) is 10.9. The molecule has 13 heavy (non-hydrogen) atoms. The van der Waals surface area contributed by atoms with Gasteiger partial charge in [-0.1, -0.05) is 18.2 Å². The van der Waals surface area contributed by atoms with Gasteiger partial charge >= 0.3 is 0 Å². The number of aryl methyl sites for hydroxylation is 2. The summed E-state index contributed by atoms with van der Waals surface area (Å²) in [6, 6.07) is 5.89. The van der Waals surface area contributed by atoms with Gasteiger partial charge in [0.05, 0.1) is 0 Å².